The topological polar surface area (TPSA) is 52.3 Å². The predicted molar refractivity (Wildman–Crippen MR) is 86.1 cm³/mol. The molecular formula is C17H18ClNO2. The maximum atomic E-state index is 11.9. The number of anilines is 1. The fraction of sp³-hybridized carbons (Fsp3) is 0.235. The first-order valence-corrected chi connectivity index (χ1v) is 7.16. The summed E-state index contributed by atoms with van der Waals surface area (Å²) in [6.45, 7) is 3.70. The minimum atomic E-state index is -1.18. The molecule has 0 radical (unpaired) electrons. The van der Waals surface area contributed by atoms with Crippen LogP contribution in [0, 0.1) is 0 Å². The van der Waals surface area contributed by atoms with Gasteiger partial charge < -0.3 is 10.5 Å². The van der Waals surface area contributed by atoms with Crippen LogP contribution in [-0.2, 0) is 14.4 Å². The number of hydrogen-bond acceptors (Lipinski definition) is 3. The highest BCUT2D eigenvalue weighted by atomic mass is 35.5. The van der Waals surface area contributed by atoms with E-state index in [1.165, 1.54) is 0 Å². The van der Waals surface area contributed by atoms with Crippen molar-refractivity contribution in [3.05, 3.63) is 54.1 Å². The van der Waals surface area contributed by atoms with Crippen molar-refractivity contribution in [2.75, 3.05) is 12.3 Å². The average Bonchev–Trinajstić information content (AvgIpc) is 2.48. The second-order valence-corrected chi connectivity index (χ2v) is 5.64. The monoisotopic (exact) mass is 303 g/mol. The number of carbonyl (C=O) groups is 1. The van der Waals surface area contributed by atoms with Crippen molar-refractivity contribution in [2.45, 2.75) is 18.7 Å². The van der Waals surface area contributed by atoms with E-state index in [0.29, 0.717) is 17.9 Å². The number of ether oxygens (including phenoxy) is 1. The van der Waals surface area contributed by atoms with Gasteiger partial charge >= 0.3 is 5.97 Å². The minimum Gasteiger partial charge on any atom is -0.464 e. The lowest BCUT2D eigenvalue weighted by Gasteiger charge is -2.20. The molecule has 21 heavy (non-hydrogen) atoms. The smallest absolute Gasteiger partial charge is 0.331 e. The first-order chi connectivity index (χ1) is 9.96. The van der Waals surface area contributed by atoms with E-state index in [9.17, 15) is 4.79 Å². The van der Waals surface area contributed by atoms with Crippen LogP contribution in [-0.4, -0.2) is 12.6 Å². The van der Waals surface area contributed by atoms with Gasteiger partial charge in [-0.05, 0) is 31.0 Å². The van der Waals surface area contributed by atoms with Crippen LogP contribution in [0.15, 0.2) is 48.5 Å². The van der Waals surface area contributed by atoms with Crippen molar-refractivity contribution in [1.29, 1.82) is 0 Å². The van der Waals surface area contributed by atoms with Crippen LogP contribution in [0.4, 0.5) is 5.69 Å². The standard InChI is InChI=1S/C17H18ClNO2/c1-3-21-16(20)17(2,18)13-10-8-12(9-11-13)14-6-4-5-7-15(14)19/h4-11H,3,19H2,1-2H3. The van der Waals surface area contributed by atoms with Crippen LogP contribution in [0.2, 0.25) is 0 Å². The van der Waals surface area contributed by atoms with Crippen molar-refractivity contribution < 1.29 is 9.53 Å². The molecule has 0 spiro atoms. The molecule has 2 rings (SSSR count). The minimum absolute atomic E-state index is 0.305. The zero-order chi connectivity index (χ0) is 15.5. The highest BCUT2D eigenvalue weighted by molar-refractivity contribution is 6.33. The number of halogens is 1. The van der Waals surface area contributed by atoms with Gasteiger partial charge in [-0.2, -0.15) is 0 Å². The summed E-state index contributed by atoms with van der Waals surface area (Å²) in [6, 6.07) is 15.1. The summed E-state index contributed by atoms with van der Waals surface area (Å²) in [7, 11) is 0. The molecular weight excluding hydrogens is 286 g/mol. The molecule has 1 atom stereocenters. The number of alkyl halides is 1. The number of nitrogens with two attached hydrogens (primary N) is 1. The Morgan fingerprint density at radius 1 is 1.19 bits per heavy atom. The lowest BCUT2D eigenvalue weighted by Crippen LogP contribution is -2.28. The van der Waals surface area contributed by atoms with E-state index in [1.807, 2.05) is 48.5 Å². The van der Waals surface area contributed by atoms with E-state index >= 15 is 0 Å². The summed E-state index contributed by atoms with van der Waals surface area (Å²) >= 11 is 6.32. The van der Waals surface area contributed by atoms with Crippen molar-refractivity contribution in [3.63, 3.8) is 0 Å². The Balaban J connectivity index is 2.31. The second-order valence-electron chi connectivity index (χ2n) is 4.89. The molecule has 110 valence electrons. The molecule has 0 bridgehead atoms. The van der Waals surface area contributed by atoms with Gasteiger partial charge in [0.25, 0.3) is 0 Å². The number of benzene rings is 2. The summed E-state index contributed by atoms with van der Waals surface area (Å²) in [4.78, 5) is 10.7. The zero-order valence-electron chi connectivity index (χ0n) is 12.1. The molecule has 2 aromatic rings. The summed E-state index contributed by atoms with van der Waals surface area (Å²) in [5, 5.41) is 0. The molecule has 4 heteroatoms. The molecule has 0 aromatic heterocycles. The van der Waals surface area contributed by atoms with Crippen LogP contribution in [0.3, 0.4) is 0 Å². The number of rotatable bonds is 4. The van der Waals surface area contributed by atoms with Crippen LogP contribution < -0.4 is 5.73 Å². The summed E-state index contributed by atoms with van der Waals surface area (Å²) in [5.41, 5.74) is 9.31. The normalized spacial score (nSPS) is 13.5. The molecule has 0 aliphatic rings. The lowest BCUT2D eigenvalue weighted by molar-refractivity contribution is -0.146. The number of esters is 1. The van der Waals surface area contributed by atoms with Crippen molar-refractivity contribution in [2.24, 2.45) is 0 Å². The summed E-state index contributed by atoms with van der Waals surface area (Å²) in [6.07, 6.45) is 0. The van der Waals surface area contributed by atoms with Gasteiger partial charge in [0.15, 0.2) is 4.87 Å². The zero-order valence-corrected chi connectivity index (χ0v) is 12.9. The Morgan fingerprint density at radius 2 is 1.81 bits per heavy atom. The molecule has 3 nitrogen and oxygen atoms in total. The van der Waals surface area contributed by atoms with Crippen molar-refractivity contribution >= 4 is 23.3 Å². The van der Waals surface area contributed by atoms with Gasteiger partial charge in [0, 0.05) is 11.3 Å². The van der Waals surface area contributed by atoms with Crippen LogP contribution in [0.1, 0.15) is 19.4 Å². The van der Waals surface area contributed by atoms with Crippen LogP contribution in [0.5, 0.6) is 0 Å². The van der Waals surface area contributed by atoms with Gasteiger partial charge in [-0.25, -0.2) is 4.79 Å². The SMILES string of the molecule is CCOC(=O)C(C)(Cl)c1ccc(-c2ccccc2N)cc1. The van der Waals surface area contributed by atoms with Gasteiger partial charge in [0.2, 0.25) is 0 Å². The van der Waals surface area contributed by atoms with E-state index in [-0.39, 0.29) is 0 Å². The quantitative estimate of drug-likeness (QED) is 0.528. The highest BCUT2D eigenvalue weighted by Crippen LogP contribution is 2.33. The maximum absolute atomic E-state index is 11.9. The maximum Gasteiger partial charge on any atom is 0.331 e. The molecule has 0 aliphatic heterocycles. The van der Waals surface area contributed by atoms with E-state index < -0.39 is 10.8 Å². The Bertz CT molecular complexity index is 635. The second kappa shape index (κ2) is 6.19. The van der Waals surface area contributed by atoms with Gasteiger partial charge in [-0.15, -0.1) is 11.6 Å². The molecule has 1 unspecified atom stereocenters. The Kier molecular flexibility index (Phi) is 4.53. The summed E-state index contributed by atoms with van der Waals surface area (Å²) < 4.78 is 5.00. The fourth-order valence-electron chi connectivity index (χ4n) is 2.11. The average molecular weight is 304 g/mol. The molecule has 2 N–H and O–H groups in total. The molecule has 0 fully saturated rings. The van der Waals surface area contributed by atoms with E-state index in [4.69, 9.17) is 22.1 Å². The molecule has 0 heterocycles. The van der Waals surface area contributed by atoms with Gasteiger partial charge in [-0.3, -0.25) is 0 Å². The third-order valence-corrected chi connectivity index (χ3v) is 3.73. The Morgan fingerprint density at radius 3 is 2.38 bits per heavy atom. The number of nitrogen functional groups attached to an aromatic ring is 1. The third-order valence-electron chi connectivity index (χ3n) is 3.36. The Labute approximate surface area is 129 Å². The predicted octanol–water partition coefficient (Wildman–Crippen LogP) is 3.95. The first-order valence-electron chi connectivity index (χ1n) is 6.78. The molecule has 2 aromatic carbocycles. The van der Waals surface area contributed by atoms with Crippen LogP contribution in [0.25, 0.3) is 11.1 Å². The number of para-hydroxylation sites is 1. The largest absolute Gasteiger partial charge is 0.464 e. The first kappa shape index (κ1) is 15.4. The van der Waals surface area contributed by atoms with E-state index in [2.05, 4.69) is 0 Å². The van der Waals surface area contributed by atoms with Gasteiger partial charge in [-0.1, -0.05) is 42.5 Å². The van der Waals surface area contributed by atoms with E-state index in [1.54, 1.807) is 13.8 Å². The van der Waals surface area contributed by atoms with Gasteiger partial charge in [0.1, 0.15) is 0 Å². The fourth-order valence-corrected chi connectivity index (χ4v) is 2.29. The molecule has 0 amide bonds. The number of carbonyl (C=O) groups excluding carboxylic acids is 1. The number of hydrogen-bond donors (Lipinski definition) is 1. The molecule has 0 saturated carbocycles. The van der Waals surface area contributed by atoms with Gasteiger partial charge in [0.05, 0.1) is 6.61 Å². The van der Waals surface area contributed by atoms with Crippen LogP contribution >= 0.6 is 11.6 Å². The van der Waals surface area contributed by atoms with Crippen molar-refractivity contribution in [3.8, 4) is 11.1 Å². The van der Waals surface area contributed by atoms with E-state index in [0.717, 1.165) is 11.1 Å². The van der Waals surface area contributed by atoms with Crippen molar-refractivity contribution in [1.82, 2.24) is 0 Å². The Hall–Kier alpha value is -2.00. The summed E-state index contributed by atoms with van der Waals surface area (Å²) in [5.74, 6) is -0.446. The molecule has 0 saturated heterocycles. The lowest BCUT2D eigenvalue weighted by atomic mass is 9.96. The molecule has 0 aliphatic carbocycles. The highest BCUT2D eigenvalue weighted by Gasteiger charge is 2.34. The third kappa shape index (κ3) is 3.19.